The number of likely N-dealkylation sites (tertiary alicyclic amines) is 1. The molecule has 1 aromatic carbocycles. The van der Waals surface area contributed by atoms with Crippen molar-refractivity contribution in [3.05, 3.63) is 34.9 Å². The molecule has 6 nitrogen and oxygen atoms in total. The van der Waals surface area contributed by atoms with Crippen LogP contribution in [-0.4, -0.2) is 59.3 Å². The Labute approximate surface area is 140 Å². The van der Waals surface area contributed by atoms with Gasteiger partial charge >= 0.3 is 5.97 Å². The van der Waals surface area contributed by atoms with Gasteiger partial charge in [-0.25, -0.2) is 0 Å². The summed E-state index contributed by atoms with van der Waals surface area (Å²) < 4.78 is 0. The SMILES string of the molecule is O=C(CN1CC[C@@H](O)[C@@H](C(=O)O)C1)NCCc1cccc(Cl)c1. The number of aliphatic carboxylic acids is 1. The van der Waals surface area contributed by atoms with Gasteiger partial charge in [0.25, 0.3) is 0 Å². The third-order valence-electron chi connectivity index (χ3n) is 3.97. The van der Waals surface area contributed by atoms with Crippen molar-refractivity contribution in [2.24, 2.45) is 5.92 Å². The van der Waals surface area contributed by atoms with Gasteiger partial charge in [0.2, 0.25) is 5.91 Å². The van der Waals surface area contributed by atoms with Crippen LogP contribution in [-0.2, 0) is 16.0 Å². The molecule has 0 radical (unpaired) electrons. The Kier molecular flexibility index (Phi) is 6.38. The van der Waals surface area contributed by atoms with Gasteiger partial charge in [0.1, 0.15) is 0 Å². The lowest BCUT2D eigenvalue weighted by molar-refractivity contribution is -0.149. The first-order valence-corrected chi connectivity index (χ1v) is 7.98. The minimum atomic E-state index is -1.02. The summed E-state index contributed by atoms with van der Waals surface area (Å²) in [5.74, 6) is -2.00. The summed E-state index contributed by atoms with van der Waals surface area (Å²) in [6.07, 6.45) is 0.213. The number of piperidine rings is 1. The quantitative estimate of drug-likeness (QED) is 0.711. The van der Waals surface area contributed by atoms with E-state index in [1.54, 1.807) is 11.0 Å². The van der Waals surface area contributed by atoms with Gasteiger partial charge in [-0.05, 0) is 30.5 Å². The van der Waals surface area contributed by atoms with E-state index in [1.165, 1.54) is 0 Å². The second-order valence-corrected chi connectivity index (χ2v) is 6.20. The average Bonchev–Trinajstić information content (AvgIpc) is 2.49. The van der Waals surface area contributed by atoms with Crippen molar-refractivity contribution in [3.8, 4) is 0 Å². The van der Waals surface area contributed by atoms with Crippen LogP contribution in [0.5, 0.6) is 0 Å². The van der Waals surface area contributed by atoms with E-state index in [-0.39, 0.29) is 19.0 Å². The lowest BCUT2D eigenvalue weighted by Crippen LogP contribution is -2.49. The zero-order chi connectivity index (χ0) is 16.8. The number of nitrogens with one attached hydrogen (secondary N) is 1. The maximum atomic E-state index is 11.9. The van der Waals surface area contributed by atoms with E-state index >= 15 is 0 Å². The summed E-state index contributed by atoms with van der Waals surface area (Å²) in [5, 5.41) is 22.2. The minimum absolute atomic E-state index is 0.145. The smallest absolute Gasteiger partial charge is 0.310 e. The summed E-state index contributed by atoms with van der Waals surface area (Å²) in [6.45, 7) is 1.36. The molecule has 7 heteroatoms. The van der Waals surface area contributed by atoms with Gasteiger partial charge in [-0.3, -0.25) is 14.5 Å². The van der Waals surface area contributed by atoms with Crippen molar-refractivity contribution in [2.45, 2.75) is 18.9 Å². The Hall–Kier alpha value is -1.63. The Morgan fingerprint density at radius 1 is 1.39 bits per heavy atom. The molecule has 1 aliphatic heterocycles. The zero-order valence-electron chi connectivity index (χ0n) is 12.7. The molecule has 1 heterocycles. The van der Waals surface area contributed by atoms with Crippen LogP contribution in [0.1, 0.15) is 12.0 Å². The number of carbonyl (C=O) groups is 2. The highest BCUT2D eigenvalue weighted by molar-refractivity contribution is 6.30. The summed E-state index contributed by atoms with van der Waals surface area (Å²) in [6, 6.07) is 7.47. The number of benzene rings is 1. The topological polar surface area (TPSA) is 89.9 Å². The van der Waals surface area contributed by atoms with Gasteiger partial charge in [0, 0.05) is 24.7 Å². The van der Waals surface area contributed by atoms with Crippen LogP contribution in [0.2, 0.25) is 5.02 Å². The summed E-state index contributed by atoms with van der Waals surface area (Å²) in [4.78, 5) is 24.8. The number of halogens is 1. The molecule has 1 aliphatic rings. The molecule has 0 unspecified atom stereocenters. The molecular formula is C16H21ClN2O4. The number of amides is 1. The van der Waals surface area contributed by atoms with Gasteiger partial charge < -0.3 is 15.5 Å². The first-order chi connectivity index (χ1) is 11.0. The molecule has 2 rings (SSSR count). The molecule has 1 aromatic rings. The van der Waals surface area contributed by atoms with E-state index in [9.17, 15) is 14.7 Å². The van der Waals surface area contributed by atoms with Crippen LogP contribution >= 0.6 is 11.6 Å². The molecule has 2 atom stereocenters. The molecular weight excluding hydrogens is 320 g/mol. The Morgan fingerprint density at radius 2 is 2.17 bits per heavy atom. The number of hydrogen-bond donors (Lipinski definition) is 3. The van der Waals surface area contributed by atoms with Gasteiger partial charge in [0.15, 0.2) is 0 Å². The van der Waals surface area contributed by atoms with Crippen molar-refractivity contribution >= 4 is 23.5 Å². The zero-order valence-corrected chi connectivity index (χ0v) is 13.5. The predicted molar refractivity (Wildman–Crippen MR) is 86.4 cm³/mol. The van der Waals surface area contributed by atoms with Crippen molar-refractivity contribution < 1.29 is 19.8 Å². The number of rotatable bonds is 6. The minimum Gasteiger partial charge on any atom is -0.481 e. The molecule has 126 valence electrons. The first kappa shape index (κ1) is 17.7. The number of carboxylic acid groups (broad SMARTS) is 1. The van der Waals surface area contributed by atoms with E-state index in [0.29, 0.717) is 31.0 Å². The van der Waals surface area contributed by atoms with Gasteiger partial charge in [-0.15, -0.1) is 0 Å². The third-order valence-corrected chi connectivity index (χ3v) is 4.20. The number of aliphatic hydroxyl groups is 1. The van der Waals surface area contributed by atoms with Gasteiger partial charge in [0.05, 0.1) is 18.6 Å². The van der Waals surface area contributed by atoms with Crippen LogP contribution in [0.3, 0.4) is 0 Å². The van der Waals surface area contributed by atoms with Gasteiger partial charge in [-0.1, -0.05) is 23.7 Å². The van der Waals surface area contributed by atoms with Crippen LogP contribution < -0.4 is 5.32 Å². The van der Waals surface area contributed by atoms with E-state index < -0.39 is 18.0 Å². The normalized spacial score (nSPS) is 21.8. The maximum Gasteiger partial charge on any atom is 0.310 e. The standard InChI is InChI=1S/C16H21ClN2O4/c17-12-3-1-2-11(8-12)4-6-18-15(21)10-19-7-5-14(20)13(9-19)16(22)23/h1-3,8,13-14,20H,4-7,9-10H2,(H,18,21)(H,22,23)/t13-,14+/m0/s1. The molecule has 0 saturated carbocycles. The monoisotopic (exact) mass is 340 g/mol. The van der Waals surface area contributed by atoms with Crippen molar-refractivity contribution in [2.75, 3.05) is 26.2 Å². The highest BCUT2D eigenvalue weighted by atomic mass is 35.5. The highest BCUT2D eigenvalue weighted by Gasteiger charge is 2.33. The largest absolute Gasteiger partial charge is 0.481 e. The molecule has 23 heavy (non-hydrogen) atoms. The number of aliphatic hydroxyl groups excluding tert-OH is 1. The maximum absolute atomic E-state index is 11.9. The average molecular weight is 341 g/mol. The van der Waals surface area contributed by atoms with E-state index in [1.807, 2.05) is 18.2 Å². The Morgan fingerprint density at radius 3 is 2.87 bits per heavy atom. The van der Waals surface area contributed by atoms with Gasteiger partial charge in [-0.2, -0.15) is 0 Å². The van der Waals surface area contributed by atoms with Crippen LogP contribution in [0.25, 0.3) is 0 Å². The molecule has 0 aliphatic carbocycles. The summed E-state index contributed by atoms with van der Waals surface area (Å²) in [5.41, 5.74) is 1.05. The fourth-order valence-corrected chi connectivity index (χ4v) is 2.90. The molecule has 0 spiro atoms. The summed E-state index contributed by atoms with van der Waals surface area (Å²) >= 11 is 5.90. The molecule has 0 bridgehead atoms. The fourth-order valence-electron chi connectivity index (χ4n) is 2.69. The second-order valence-electron chi connectivity index (χ2n) is 5.77. The van der Waals surface area contributed by atoms with E-state index in [2.05, 4.69) is 5.32 Å². The second kappa shape index (κ2) is 8.29. The molecule has 1 saturated heterocycles. The Balaban J connectivity index is 1.73. The van der Waals surface area contributed by atoms with Crippen molar-refractivity contribution in [3.63, 3.8) is 0 Å². The number of carboxylic acids is 1. The number of nitrogens with zero attached hydrogens (tertiary/aromatic N) is 1. The van der Waals surface area contributed by atoms with Crippen LogP contribution in [0, 0.1) is 5.92 Å². The summed E-state index contributed by atoms with van der Waals surface area (Å²) in [7, 11) is 0. The predicted octanol–water partition coefficient (Wildman–Crippen LogP) is 0.766. The molecule has 0 aromatic heterocycles. The fraction of sp³-hybridized carbons (Fsp3) is 0.500. The first-order valence-electron chi connectivity index (χ1n) is 7.60. The van der Waals surface area contributed by atoms with Crippen molar-refractivity contribution in [1.29, 1.82) is 0 Å². The number of carbonyl (C=O) groups excluding carboxylic acids is 1. The van der Waals surface area contributed by atoms with Crippen molar-refractivity contribution in [1.82, 2.24) is 10.2 Å². The third kappa shape index (κ3) is 5.49. The van der Waals surface area contributed by atoms with E-state index in [4.69, 9.17) is 16.7 Å². The molecule has 1 fully saturated rings. The molecule has 3 N–H and O–H groups in total. The highest BCUT2D eigenvalue weighted by Crippen LogP contribution is 2.17. The lowest BCUT2D eigenvalue weighted by atomic mass is 9.95. The van der Waals surface area contributed by atoms with E-state index in [0.717, 1.165) is 5.56 Å². The van der Waals surface area contributed by atoms with Crippen LogP contribution in [0.15, 0.2) is 24.3 Å². The number of hydrogen-bond acceptors (Lipinski definition) is 4. The Bertz CT molecular complexity index is 567. The van der Waals surface area contributed by atoms with Crippen LogP contribution in [0.4, 0.5) is 0 Å². The lowest BCUT2D eigenvalue weighted by Gasteiger charge is -2.33. The molecule has 1 amide bonds.